The van der Waals surface area contributed by atoms with Crippen LogP contribution in [0.5, 0.6) is 0 Å². The molecule has 2 atom stereocenters. The lowest BCUT2D eigenvalue weighted by atomic mass is 9.97. The maximum Gasteiger partial charge on any atom is 0.416 e. The van der Waals surface area contributed by atoms with E-state index in [1.807, 2.05) is 29.2 Å². The minimum atomic E-state index is -4.41. The van der Waals surface area contributed by atoms with E-state index in [9.17, 15) is 18.3 Å². The molecular formula is C19H21F3N2O. The number of likely N-dealkylation sites (N-methyl/N-ethyl adjacent to an activating group) is 1. The fraction of sp³-hybridized carbons (Fsp3) is 0.368. The number of aliphatic hydroxyl groups excluding tert-OH is 1. The molecule has 25 heavy (non-hydrogen) atoms. The summed E-state index contributed by atoms with van der Waals surface area (Å²) in [5, 5.41) is 13.6. The van der Waals surface area contributed by atoms with Gasteiger partial charge in [-0.25, -0.2) is 0 Å². The molecule has 2 N–H and O–H groups in total. The molecule has 3 nitrogen and oxygen atoms in total. The highest BCUT2D eigenvalue weighted by molar-refractivity contribution is 5.60. The lowest BCUT2D eigenvalue weighted by molar-refractivity contribution is -0.137. The smallest absolute Gasteiger partial charge is 0.389 e. The van der Waals surface area contributed by atoms with Crippen molar-refractivity contribution < 1.29 is 18.3 Å². The number of anilines is 1. The minimum Gasteiger partial charge on any atom is -0.389 e. The van der Waals surface area contributed by atoms with Gasteiger partial charge in [-0.15, -0.1) is 0 Å². The molecule has 3 rings (SSSR count). The summed E-state index contributed by atoms with van der Waals surface area (Å²) < 4.78 is 39.3. The Morgan fingerprint density at radius 3 is 2.64 bits per heavy atom. The van der Waals surface area contributed by atoms with E-state index in [2.05, 4.69) is 5.32 Å². The number of nitrogens with one attached hydrogen (secondary N) is 1. The number of aliphatic hydroxyl groups is 1. The number of benzene rings is 2. The largest absolute Gasteiger partial charge is 0.416 e. The van der Waals surface area contributed by atoms with Crippen LogP contribution in [-0.4, -0.2) is 31.3 Å². The molecule has 1 heterocycles. The van der Waals surface area contributed by atoms with Crippen molar-refractivity contribution >= 4 is 5.69 Å². The Morgan fingerprint density at radius 2 is 1.92 bits per heavy atom. The van der Waals surface area contributed by atoms with Crippen molar-refractivity contribution in [3.63, 3.8) is 0 Å². The van der Waals surface area contributed by atoms with E-state index in [4.69, 9.17) is 0 Å². The average molecular weight is 350 g/mol. The van der Waals surface area contributed by atoms with Crippen LogP contribution in [0.4, 0.5) is 18.9 Å². The predicted molar refractivity (Wildman–Crippen MR) is 91.6 cm³/mol. The van der Waals surface area contributed by atoms with E-state index < -0.39 is 23.9 Å². The van der Waals surface area contributed by atoms with Crippen LogP contribution in [0, 0.1) is 0 Å². The molecule has 6 heteroatoms. The van der Waals surface area contributed by atoms with Crippen LogP contribution >= 0.6 is 0 Å². The van der Waals surface area contributed by atoms with Gasteiger partial charge in [0.2, 0.25) is 0 Å². The summed E-state index contributed by atoms with van der Waals surface area (Å²) in [5.41, 5.74) is 1.89. The van der Waals surface area contributed by atoms with Gasteiger partial charge in [0.15, 0.2) is 0 Å². The van der Waals surface area contributed by atoms with Crippen molar-refractivity contribution in [2.75, 3.05) is 25.0 Å². The summed E-state index contributed by atoms with van der Waals surface area (Å²) in [4.78, 5) is 2.01. The summed E-state index contributed by atoms with van der Waals surface area (Å²) in [6, 6.07) is 12.5. The number of halogens is 3. The normalized spacial score (nSPS) is 16.6. The third-order valence-corrected chi connectivity index (χ3v) is 4.59. The van der Waals surface area contributed by atoms with Gasteiger partial charge in [-0.2, -0.15) is 13.2 Å². The van der Waals surface area contributed by atoms with E-state index in [1.54, 1.807) is 13.1 Å². The zero-order valence-electron chi connectivity index (χ0n) is 13.9. The van der Waals surface area contributed by atoms with Crippen molar-refractivity contribution in [3.8, 4) is 0 Å². The van der Waals surface area contributed by atoms with Crippen molar-refractivity contribution in [1.29, 1.82) is 0 Å². The maximum atomic E-state index is 13.1. The Balaban J connectivity index is 2.02. The molecule has 0 aliphatic carbocycles. The first kappa shape index (κ1) is 17.8. The standard InChI is InChI=1S/C19H21F3N2O/c1-23-12-17(25)18(14-6-4-7-15(11-14)19(20,21)22)24-10-9-13-5-2-3-8-16(13)24/h2-8,11,17-18,23,25H,9-10,12H2,1H3/t17-,18+/m1/s1. The molecule has 2 aromatic carbocycles. The van der Waals surface area contributed by atoms with Crippen molar-refractivity contribution in [3.05, 3.63) is 65.2 Å². The summed E-state index contributed by atoms with van der Waals surface area (Å²) in [7, 11) is 1.71. The minimum absolute atomic E-state index is 0.291. The van der Waals surface area contributed by atoms with Crippen LogP contribution in [-0.2, 0) is 12.6 Å². The molecule has 0 saturated heterocycles. The van der Waals surface area contributed by atoms with E-state index in [1.165, 1.54) is 6.07 Å². The average Bonchev–Trinajstić information content (AvgIpc) is 2.99. The molecule has 0 unspecified atom stereocenters. The number of rotatable bonds is 5. The number of nitrogens with zero attached hydrogens (tertiary/aromatic N) is 1. The molecule has 134 valence electrons. The Bertz CT molecular complexity index is 733. The van der Waals surface area contributed by atoms with Crippen LogP contribution in [0.3, 0.4) is 0 Å². The quantitative estimate of drug-likeness (QED) is 0.868. The zero-order chi connectivity index (χ0) is 18.0. The van der Waals surface area contributed by atoms with Gasteiger partial charge in [-0.1, -0.05) is 30.3 Å². The number of para-hydroxylation sites is 1. The van der Waals surface area contributed by atoms with E-state index in [0.29, 0.717) is 18.7 Å². The van der Waals surface area contributed by atoms with Crippen molar-refractivity contribution in [1.82, 2.24) is 5.32 Å². The molecule has 0 radical (unpaired) electrons. The van der Waals surface area contributed by atoms with Gasteiger partial charge in [0.05, 0.1) is 17.7 Å². The molecule has 0 spiro atoms. The molecule has 1 aliphatic heterocycles. The van der Waals surface area contributed by atoms with Crippen LogP contribution in [0.25, 0.3) is 0 Å². The Kier molecular flexibility index (Phi) is 5.01. The maximum absolute atomic E-state index is 13.1. The van der Waals surface area contributed by atoms with Crippen LogP contribution < -0.4 is 10.2 Å². The zero-order valence-corrected chi connectivity index (χ0v) is 13.9. The molecular weight excluding hydrogens is 329 g/mol. The van der Waals surface area contributed by atoms with Gasteiger partial charge in [-0.05, 0) is 42.8 Å². The van der Waals surface area contributed by atoms with Crippen LogP contribution in [0.2, 0.25) is 0 Å². The topological polar surface area (TPSA) is 35.5 Å². The Labute approximate surface area is 145 Å². The number of hydrogen-bond acceptors (Lipinski definition) is 3. The van der Waals surface area contributed by atoms with E-state index >= 15 is 0 Å². The van der Waals surface area contributed by atoms with Gasteiger partial charge in [-0.3, -0.25) is 0 Å². The van der Waals surface area contributed by atoms with E-state index in [-0.39, 0.29) is 0 Å². The van der Waals surface area contributed by atoms with Crippen molar-refractivity contribution in [2.45, 2.75) is 24.7 Å². The fourth-order valence-corrected chi connectivity index (χ4v) is 3.48. The molecule has 0 amide bonds. The third-order valence-electron chi connectivity index (χ3n) is 4.59. The molecule has 0 saturated carbocycles. The highest BCUT2D eigenvalue weighted by Gasteiger charge is 2.35. The lowest BCUT2D eigenvalue weighted by Gasteiger charge is -2.34. The SMILES string of the molecule is CNC[C@@H](O)[C@H](c1cccc(C(F)(F)F)c1)N1CCc2ccccc21. The summed E-state index contributed by atoms with van der Waals surface area (Å²) in [6.07, 6.45) is -4.42. The number of alkyl halides is 3. The van der Waals surface area contributed by atoms with Crippen molar-refractivity contribution in [2.24, 2.45) is 0 Å². The molecule has 0 bridgehead atoms. The Hall–Kier alpha value is -2.05. The summed E-state index contributed by atoms with van der Waals surface area (Å²) >= 11 is 0. The molecule has 0 aromatic heterocycles. The summed E-state index contributed by atoms with van der Waals surface area (Å²) in [6.45, 7) is 0.959. The fourth-order valence-electron chi connectivity index (χ4n) is 3.48. The highest BCUT2D eigenvalue weighted by atomic mass is 19.4. The Morgan fingerprint density at radius 1 is 1.16 bits per heavy atom. The van der Waals surface area contributed by atoms with Gasteiger partial charge in [0, 0.05) is 18.8 Å². The van der Waals surface area contributed by atoms with Gasteiger partial charge >= 0.3 is 6.18 Å². The van der Waals surface area contributed by atoms with Crippen LogP contribution in [0.1, 0.15) is 22.7 Å². The second kappa shape index (κ2) is 7.06. The summed E-state index contributed by atoms with van der Waals surface area (Å²) in [5.74, 6) is 0. The first-order valence-corrected chi connectivity index (χ1v) is 8.26. The van der Waals surface area contributed by atoms with Gasteiger partial charge in [0.25, 0.3) is 0 Å². The third kappa shape index (κ3) is 3.65. The first-order chi connectivity index (χ1) is 11.9. The molecule has 2 aromatic rings. The van der Waals surface area contributed by atoms with E-state index in [0.717, 1.165) is 29.8 Å². The number of fused-ring (bicyclic) bond motifs is 1. The predicted octanol–water partition coefficient (Wildman–Crippen LogP) is 3.39. The first-order valence-electron chi connectivity index (χ1n) is 8.26. The second-order valence-corrected chi connectivity index (χ2v) is 6.27. The van der Waals surface area contributed by atoms with Gasteiger partial charge in [0.1, 0.15) is 0 Å². The lowest BCUT2D eigenvalue weighted by Crippen LogP contribution is -2.40. The molecule has 0 fully saturated rings. The monoisotopic (exact) mass is 350 g/mol. The van der Waals surface area contributed by atoms with Gasteiger partial charge < -0.3 is 15.3 Å². The number of hydrogen-bond donors (Lipinski definition) is 2. The molecule has 1 aliphatic rings. The second-order valence-electron chi connectivity index (χ2n) is 6.27. The van der Waals surface area contributed by atoms with Crippen LogP contribution in [0.15, 0.2) is 48.5 Å². The highest BCUT2D eigenvalue weighted by Crippen LogP contribution is 2.38.